The average molecular weight is 374 g/mol. The van der Waals surface area contributed by atoms with Crippen LogP contribution in [0.5, 0.6) is 11.5 Å². The summed E-state index contributed by atoms with van der Waals surface area (Å²) in [5.74, 6) is -0.919. The Morgan fingerprint density at radius 3 is 2.44 bits per heavy atom. The molecule has 9 heteroatoms. The van der Waals surface area contributed by atoms with Crippen LogP contribution in [0, 0.1) is 10.1 Å². The molecule has 0 saturated carbocycles. The molecule has 2 N–H and O–H groups in total. The number of aliphatic carboxylic acids is 1. The summed E-state index contributed by atoms with van der Waals surface area (Å²) in [6, 6.07) is 9.05. The van der Waals surface area contributed by atoms with Gasteiger partial charge < -0.3 is 19.9 Å². The molecule has 142 valence electrons. The third kappa shape index (κ3) is 4.94. The summed E-state index contributed by atoms with van der Waals surface area (Å²) >= 11 is 0. The molecule has 2 aromatic carbocycles. The normalized spacial score (nSPS) is 11.3. The molecule has 2 aromatic rings. The van der Waals surface area contributed by atoms with E-state index in [0.29, 0.717) is 17.1 Å². The lowest BCUT2D eigenvalue weighted by Crippen LogP contribution is -2.30. The van der Waals surface area contributed by atoms with Crippen molar-refractivity contribution < 1.29 is 29.1 Å². The summed E-state index contributed by atoms with van der Waals surface area (Å²) in [6.07, 6.45) is -0.430. The Hall–Kier alpha value is -3.62. The zero-order valence-corrected chi connectivity index (χ0v) is 14.7. The van der Waals surface area contributed by atoms with Crippen molar-refractivity contribution >= 4 is 17.6 Å². The van der Waals surface area contributed by atoms with E-state index in [1.165, 1.54) is 50.6 Å². The van der Waals surface area contributed by atoms with E-state index in [1.807, 2.05) is 0 Å². The summed E-state index contributed by atoms with van der Waals surface area (Å²) in [5, 5.41) is 22.7. The number of hydrogen-bond acceptors (Lipinski definition) is 6. The molecule has 0 unspecified atom stereocenters. The number of nitro benzene ring substituents is 1. The monoisotopic (exact) mass is 374 g/mol. The Morgan fingerprint density at radius 2 is 1.85 bits per heavy atom. The number of carbonyl (C=O) groups is 2. The SMILES string of the molecule is COc1ccc(C(=O)N[C@@H](CC(=O)O)c2cccc([N+](=O)[O-])c2)cc1OC. The van der Waals surface area contributed by atoms with Crippen LogP contribution < -0.4 is 14.8 Å². The number of carbonyl (C=O) groups excluding carboxylic acids is 1. The number of rotatable bonds is 8. The zero-order valence-electron chi connectivity index (χ0n) is 14.7. The highest BCUT2D eigenvalue weighted by Gasteiger charge is 2.21. The first kappa shape index (κ1) is 19.7. The Balaban J connectivity index is 2.30. The minimum atomic E-state index is -1.15. The number of ether oxygens (including phenoxy) is 2. The first-order valence-electron chi connectivity index (χ1n) is 7.84. The molecular weight excluding hydrogens is 356 g/mol. The van der Waals surface area contributed by atoms with E-state index in [2.05, 4.69) is 5.32 Å². The van der Waals surface area contributed by atoms with Crippen LogP contribution in [-0.2, 0) is 4.79 Å². The maximum absolute atomic E-state index is 12.6. The van der Waals surface area contributed by atoms with Crippen molar-refractivity contribution in [2.75, 3.05) is 14.2 Å². The number of carboxylic acid groups (broad SMARTS) is 1. The predicted octanol–water partition coefficient (Wildman–Crippen LogP) is 2.56. The highest BCUT2D eigenvalue weighted by Crippen LogP contribution is 2.28. The van der Waals surface area contributed by atoms with Crippen molar-refractivity contribution in [3.05, 3.63) is 63.7 Å². The highest BCUT2D eigenvalue weighted by atomic mass is 16.6. The van der Waals surface area contributed by atoms with E-state index in [0.717, 1.165) is 0 Å². The molecular formula is C18H18N2O7. The number of nitro groups is 1. The van der Waals surface area contributed by atoms with Gasteiger partial charge in [-0.2, -0.15) is 0 Å². The van der Waals surface area contributed by atoms with Gasteiger partial charge in [0.1, 0.15) is 0 Å². The lowest BCUT2D eigenvalue weighted by molar-refractivity contribution is -0.384. The number of nitrogens with one attached hydrogen (secondary N) is 1. The molecule has 27 heavy (non-hydrogen) atoms. The van der Waals surface area contributed by atoms with Gasteiger partial charge in [-0.3, -0.25) is 19.7 Å². The number of nitrogens with zero attached hydrogens (tertiary/aromatic N) is 1. The van der Waals surface area contributed by atoms with Gasteiger partial charge in [0, 0.05) is 17.7 Å². The van der Waals surface area contributed by atoms with Gasteiger partial charge in [0.05, 0.1) is 31.6 Å². The van der Waals surface area contributed by atoms with Crippen LogP contribution in [0.2, 0.25) is 0 Å². The second kappa shape index (κ2) is 8.65. The van der Waals surface area contributed by atoms with E-state index in [-0.39, 0.29) is 11.3 Å². The second-order valence-electron chi connectivity index (χ2n) is 5.55. The van der Waals surface area contributed by atoms with Gasteiger partial charge in [-0.25, -0.2) is 0 Å². The summed E-state index contributed by atoms with van der Waals surface area (Å²) in [6.45, 7) is 0. The van der Waals surface area contributed by atoms with Gasteiger partial charge in [-0.05, 0) is 23.8 Å². The van der Waals surface area contributed by atoms with Crippen LogP contribution in [-0.4, -0.2) is 36.1 Å². The molecule has 2 rings (SSSR count). The van der Waals surface area contributed by atoms with Gasteiger partial charge in [-0.1, -0.05) is 12.1 Å². The van der Waals surface area contributed by atoms with Crippen molar-refractivity contribution in [2.45, 2.75) is 12.5 Å². The van der Waals surface area contributed by atoms with Crippen LogP contribution >= 0.6 is 0 Å². The molecule has 9 nitrogen and oxygen atoms in total. The smallest absolute Gasteiger partial charge is 0.305 e. The van der Waals surface area contributed by atoms with E-state index < -0.39 is 29.3 Å². The molecule has 0 bridgehead atoms. The number of methoxy groups -OCH3 is 2. The Labute approximate surface area is 154 Å². The minimum absolute atomic E-state index is 0.191. The van der Waals surface area contributed by atoms with E-state index in [1.54, 1.807) is 6.07 Å². The molecule has 0 aromatic heterocycles. The second-order valence-corrected chi connectivity index (χ2v) is 5.55. The van der Waals surface area contributed by atoms with Crippen molar-refractivity contribution in [1.29, 1.82) is 0 Å². The van der Waals surface area contributed by atoms with Crippen LogP contribution in [0.15, 0.2) is 42.5 Å². The maximum Gasteiger partial charge on any atom is 0.305 e. The van der Waals surface area contributed by atoms with Crippen LogP contribution in [0.3, 0.4) is 0 Å². The molecule has 0 radical (unpaired) electrons. The first-order chi connectivity index (χ1) is 12.8. The average Bonchev–Trinajstić information content (AvgIpc) is 2.66. The number of benzene rings is 2. The zero-order chi connectivity index (χ0) is 20.0. The van der Waals surface area contributed by atoms with Crippen molar-refractivity contribution in [3.63, 3.8) is 0 Å². The van der Waals surface area contributed by atoms with Gasteiger partial charge in [0.2, 0.25) is 0 Å². The molecule has 0 fully saturated rings. The highest BCUT2D eigenvalue weighted by molar-refractivity contribution is 5.95. The minimum Gasteiger partial charge on any atom is -0.493 e. The lowest BCUT2D eigenvalue weighted by Gasteiger charge is -2.18. The lowest BCUT2D eigenvalue weighted by atomic mass is 10.0. The summed E-state index contributed by atoms with van der Waals surface area (Å²) in [7, 11) is 2.89. The molecule has 0 aliphatic rings. The maximum atomic E-state index is 12.6. The number of non-ortho nitro benzene ring substituents is 1. The van der Waals surface area contributed by atoms with Crippen molar-refractivity contribution in [3.8, 4) is 11.5 Å². The Bertz CT molecular complexity index is 867. The predicted molar refractivity (Wildman–Crippen MR) is 95.1 cm³/mol. The van der Waals surface area contributed by atoms with Crippen LogP contribution in [0.1, 0.15) is 28.4 Å². The summed E-state index contributed by atoms with van der Waals surface area (Å²) in [4.78, 5) is 34.1. The van der Waals surface area contributed by atoms with E-state index >= 15 is 0 Å². The summed E-state index contributed by atoms with van der Waals surface area (Å²) in [5.41, 5.74) is 0.358. The number of amides is 1. The van der Waals surface area contributed by atoms with Crippen molar-refractivity contribution in [2.24, 2.45) is 0 Å². The van der Waals surface area contributed by atoms with Crippen LogP contribution in [0.4, 0.5) is 5.69 Å². The third-order valence-electron chi connectivity index (χ3n) is 3.81. The number of hydrogen-bond donors (Lipinski definition) is 2. The van der Waals surface area contributed by atoms with Crippen molar-refractivity contribution in [1.82, 2.24) is 5.32 Å². The largest absolute Gasteiger partial charge is 0.493 e. The van der Waals surface area contributed by atoms with E-state index in [9.17, 15) is 19.7 Å². The molecule has 0 heterocycles. The molecule has 0 aliphatic heterocycles. The fraction of sp³-hybridized carbons (Fsp3) is 0.222. The first-order valence-corrected chi connectivity index (χ1v) is 7.84. The fourth-order valence-electron chi connectivity index (χ4n) is 2.50. The molecule has 1 atom stereocenters. The fourth-order valence-corrected chi connectivity index (χ4v) is 2.50. The van der Waals surface area contributed by atoms with Gasteiger partial charge in [-0.15, -0.1) is 0 Å². The van der Waals surface area contributed by atoms with Gasteiger partial charge in [0.25, 0.3) is 11.6 Å². The molecule has 0 aliphatic carbocycles. The Kier molecular flexibility index (Phi) is 6.32. The molecule has 0 saturated heterocycles. The van der Waals surface area contributed by atoms with Gasteiger partial charge in [0.15, 0.2) is 11.5 Å². The molecule has 1 amide bonds. The standard InChI is InChI=1S/C18H18N2O7/c1-26-15-7-6-12(9-16(15)27-2)18(23)19-14(10-17(21)22)11-4-3-5-13(8-11)20(24)25/h3-9,14H,10H2,1-2H3,(H,19,23)(H,21,22)/t14-/m0/s1. The summed E-state index contributed by atoms with van der Waals surface area (Å²) < 4.78 is 10.3. The number of carboxylic acids is 1. The molecule has 0 spiro atoms. The topological polar surface area (TPSA) is 128 Å². The Morgan fingerprint density at radius 1 is 1.15 bits per heavy atom. The van der Waals surface area contributed by atoms with Gasteiger partial charge >= 0.3 is 5.97 Å². The third-order valence-corrected chi connectivity index (χ3v) is 3.81. The van der Waals surface area contributed by atoms with E-state index in [4.69, 9.17) is 14.6 Å². The quantitative estimate of drug-likeness (QED) is 0.537. The van der Waals surface area contributed by atoms with Crippen LogP contribution in [0.25, 0.3) is 0 Å².